The average molecular weight is 691 g/mol. The van der Waals surface area contributed by atoms with Crippen molar-refractivity contribution in [2.45, 2.75) is 51.1 Å². The van der Waals surface area contributed by atoms with Crippen LogP contribution in [0.15, 0.2) is 61.1 Å². The molecule has 3 heterocycles. The van der Waals surface area contributed by atoms with Crippen LogP contribution < -0.4 is 16.0 Å². The van der Waals surface area contributed by atoms with E-state index in [1.165, 1.54) is 36.3 Å². The highest BCUT2D eigenvalue weighted by Crippen LogP contribution is 2.34. The van der Waals surface area contributed by atoms with E-state index in [1.54, 1.807) is 24.4 Å². The fraction of sp³-hybridized carbons (Fsp3) is 0.324. The number of nitrogens with one attached hydrogen (secondary N) is 3. The Morgan fingerprint density at radius 2 is 1.96 bits per heavy atom. The van der Waals surface area contributed by atoms with E-state index in [-0.39, 0.29) is 29.6 Å². The van der Waals surface area contributed by atoms with Gasteiger partial charge in [-0.25, -0.2) is 9.18 Å². The normalized spacial score (nSPS) is 16.1. The lowest BCUT2D eigenvalue weighted by Crippen LogP contribution is -2.30. The summed E-state index contributed by atoms with van der Waals surface area (Å²) in [5.41, 5.74) is 3.65. The Morgan fingerprint density at radius 3 is 2.73 bits per heavy atom. The van der Waals surface area contributed by atoms with Gasteiger partial charge in [-0.05, 0) is 71.3 Å². The van der Waals surface area contributed by atoms with Crippen molar-refractivity contribution in [3.8, 4) is 16.8 Å². The Hall–Kier alpha value is -5.21. The monoisotopic (exact) mass is 690 g/mol. The van der Waals surface area contributed by atoms with Crippen LogP contribution in [0.1, 0.15) is 56.3 Å². The highest BCUT2D eigenvalue weighted by Gasteiger charge is 2.23. The van der Waals surface area contributed by atoms with Gasteiger partial charge < -0.3 is 20.1 Å². The van der Waals surface area contributed by atoms with Crippen LogP contribution in [0.3, 0.4) is 0 Å². The third-order valence-corrected chi connectivity index (χ3v) is 8.25. The molecule has 2 bridgehead atoms. The first-order valence-electron chi connectivity index (χ1n) is 15.8. The fourth-order valence-electron chi connectivity index (χ4n) is 5.47. The summed E-state index contributed by atoms with van der Waals surface area (Å²) in [5, 5.41) is 20.1. The lowest BCUT2D eigenvalue weighted by atomic mass is 9.95. The van der Waals surface area contributed by atoms with Crippen LogP contribution in [-0.2, 0) is 19.1 Å². The van der Waals surface area contributed by atoms with Crippen LogP contribution in [0, 0.1) is 5.82 Å². The zero-order valence-corrected chi connectivity index (χ0v) is 27.7. The molecule has 0 saturated heterocycles. The Labute approximate surface area is 287 Å². The number of pyridine rings is 1. The number of methoxy groups -OCH3 is 1. The van der Waals surface area contributed by atoms with Crippen molar-refractivity contribution >= 4 is 46.8 Å². The Kier molecular flexibility index (Phi) is 12.0. The molecular weight excluding hydrogens is 655 g/mol. The number of fused-ring (bicyclic) bond motifs is 4. The molecule has 15 heteroatoms. The molecule has 0 unspecified atom stereocenters. The second-order valence-corrected chi connectivity index (χ2v) is 11.6. The highest BCUT2D eigenvalue weighted by atomic mass is 35.5. The van der Waals surface area contributed by atoms with E-state index in [0.717, 1.165) is 11.1 Å². The molecule has 49 heavy (non-hydrogen) atoms. The quantitative estimate of drug-likeness (QED) is 0.135. The van der Waals surface area contributed by atoms with Crippen molar-refractivity contribution in [2.24, 2.45) is 0 Å². The number of anilines is 2. The topological polar surface area (TPSA) is 162 Å². The molecule has 0 spiro atoms. The van der Waals surface area contributed by atoms with Gasteiger partial charge in [0.25, 0.3) is 0 Å². The number of aromatic nitrogens is 5. The standard InChI is InChI=1S/C34H36ClFN8O5/c1-3-31(45)27-7-5-4-6-26(41-32(46)13-10-24-30(44-20-38-42-43-44)12-11-25(35)33(24)36)29-18-21(14-15-37-29)23-9-8-22(19-28(23)40-27)39-34(47)49-17-16-48-2/h8-15,18-20,26-27,40H,3-7,16-17H2,1-2H3,(H,39,47)(H,41,46)/b13-10+/t26-,27+/m0/s1. The van der Waals surface area contributed by atoms with Crippen LogP contribution >= 0.6 is 11.6 Å². The van der Waals surface area contributed by atoms with E-state index >= 15 is 4.39 Å². The number of rotatable bonds is 10. The molecule has 3 N–H and O–H groups in total. The summed E-state index contributed by atoms with van der Waals surface area (Å²) in [6.45, 7) is 2.20. The molecule has 2 aromatic heterocycles. The summed E-state index contributed by atoms with van der Waals surface area (Å²) in [5.74, 6) is -1.13. The maximum absolute atomic E-state index is 15.1. The minimum Gasteiger partial charge on any atom is -0.447 e. The van der Waals surface area contributed by atoms with E-state index in [0.29, 0.717) is 54.9 Å². The van der Waals surface area contributed by atoms with Crippen LogP contribution in [0.2, 0.25) is 5.02 Å². The lowest BCUT2D eigenvalue weighted by Gasteiger charge is -2.24. The summed E-state index contributed by atoms with van der Waals surface area (Å²) in [6.07, 6.45) is 7.72. The van der Waals surface area contributed by atoms with Gasteiger partial charge in [-0.2, -0.15) is 4.68 Å². The fourth-order valence-corrected chi connectivity index (χ4v) is 5.64. The summed E-state index contributed by atoms with van der Waals surface area (Å²) in [7, 11) is 1.52. The molecule has 1 aliphatic rings. The number of carbonyl (C=O) groups excluding carboxylic acids is 3. The summed E-state index contributed by atoms with van der Waals surface area (Å²) in [4.78, 5) is 43.3. The van der Waals surface area contributed by atoms with E-state index < -0.39 is 29.9 Å². The van der Waals surface area contributed by atoms with Crippen LogP contribution in [0.5, 0.6) is 0 Å². The van der Waals surface area contributed by atoms with Gasteiger partial charge >= 0.3 is 6.09 Å². The van der Waals surface area contributed by atoms with E-state index in [2.05, 4.69) is 36.5 Å². The first kappa shape index (κ1) is 35.1. The number of Topliss-reactive ketones (excluding diaryl/α,β-unsaturated/α-hetero) is 1. The first-order chi connectivity index (χ1) is 23.8. The molecule has 13 nitrogen and oxygen atoms in total. The van der Waals surface area contributed by atoms with Gasteiger partial charge in [0.1, 0.15) is 12.9 Å². The van der Waals surface area contributed by atoms with E-state index in [1.807, 2.05) is 25.1 Å². The average Bonchev–Trinajstić information content (AvgIpc) is 3.64. The largest absolute Gasteiger partial charge is 0.447 e. The van der Waals surface area contributed by atoms with Crippen molar-refractivity contribution in [3.05, 3.63) is 83.2 Å². The SMILES string of the molecule is CCC(=O)[C@H]1CCCC[C@H](NC(=O)/C=C/c2c(-n3cnnn3)ccc(Cl)c2F)c2cc(ccn2)-c2ccc(NC(=O)OCCOC)cc2N1. The smallest absolute Gasteiger partial charge is 0.411 e. The second kappa shape index (κ2) is 16.8. The van der Waals surface area contributed by atoms with Gasteiger partial charge in [0.05, 0.1) is 35.1 Å². The first-order valence-corrected chi connectivity index (χ1v) is 16.2. The highest BCUT2D eigenvalue weighted by molar-refractivity contribution is 6.31. The molecule has 2 aromatic carbocycles. The molecule has 2 amide bonds. The number of carbonyl (C=O) groups is 3. The Bertz CT molecular complexity index is 1820. The van der Waals surface area contributed by atoms with Crippen molar-refractivity contribution in [1.82, 2.24) is 30.5 Å². The minimum atomic E-state index is -0.719. The van der Waals surface area contributed by atoms with Crippen molar-refractivity contribution in [2.75, 3.05) is 31.0 Å². The predicted molar refractivity (Wildman–Crippen MR) is 182 cm³/mol. The van der Waals surface area contributed by atoms with Crippen LogP contribution in [-0.4, -0.2) is 69.3 Å². The molecule has 0 fully saturated rings. The number of ketones is 1. The molecule has 1 aliphatic heterocycles. The maximum Gasteiger partial charge on any atom is 0.411 e. The Balaban J connectivity index is 1.43. The summed E-state index contributed by atoms with van der Waals surface area (Å²) < 4.78 is 26.4. The number of amides is 2. The van der Waals surface area contributed by atoms with Crippen molar-refractivity contribution in [1.29, 1.82) is 0 Å². The molecule has 4 aromatic rings. The van der Waals surface area contributed by atoms with Crippen molar-refractivity contribution < 1.29 is 28.2 Å². The number of ether oxygens (including phenoxy) is 2. The number of hydrogen-bond acceptors (Lipinski definition) is 10. The number of hydrogen-bond donors (Lipinski definition) is 3. The van der Waals surface area contributed by atoms with Gasteiger partial charge in [0.2, 0.25) is 5.91 Å². The molecule has 5 rings (SSSR count). The third-order valence-electron chi connectivity index (χ3n) is 7.96. The number of benzene rings is 2. The maximum atomic E-state index is 15.1. The van der Waals surface area contributed by atoms with Gasteiger partial charge in [-0.15, -0.1) is 5.10 Å². The molecule has 0 saturated carbocycles. The second-order valence-electron chi connectivity index (χ2n) is 11.2. The minimum absolute atomic E-state index is 0.0431. The predicted octanol–water partition coefficient (Wildman–Crippen LogP) is 5.92. The lowest BCUT2D eigenvalue weighted by molar-refractivity contribution is -0.119. The molecule has 256 valence electrons. The molecule has 2 atom stereocenters. The zero-order chi connectivity index (χ0) is 34.8. The van der Waals surface area contributed by atoms with E-state index in [9.17, 15) is 14.4 Å². The molecule has 0 aliphatic carbocycles. The number of halogens is 2. The van der Waals surface area contributed by atoms with Gasteiger partial charge in [0.15, 0.2) is 11.6 Å². The van der Waals surface area contributed by atoms with Crippen molar-refractivity contribution in [3.63, 3.8) is 0 Å². The summed E-state index contributed by atoms with van der Waals surface area (Å²) >= 11 is 6.04. The van der Waals surface area contributed by atoms with Gasteiger partial charge in [-0.3, -0.25) is 19.9 Å². The van der Waals surface area contributed by atoms with E-state index in [4.69, 9.17) is 21.1 Å². The zero-order valence-electron chi connectivity index (χ0n) is 27.0. The van der Waals surface area contributed by atoms with Crippen LogP contribution in [0.4, 0.5) is 20.6 Å². The Morgan fingerprint density at radius 1 is 1.12 bits per heavy atom. The molecular formula is C34H36ClFN8O5. The molecule has 0 radical (unpaired) electrons. The number of nitrogens with zero attached hydrogens (tertiary/aromatic N) is 5. The van der Waals surface area contributed by atoms with Gasteiger partial charge in [-0.1, -0.05) is 37.4 Å². The van der Waals surface area contributed by atoms with Crippen LogP contribution in [0.25, 0.3) is 22.9 Å². The number of tetrazole rings is 1. The summed E-state index contributed by atoms with van der Waals surface area (Å²) in [6, 6.07) is 11.0. The van der Waals surface area contributed by atoms with Gasteiger partial charge in [0, 0.05) is 48.3 Å². The third kappa shape index (κ3) is 9.03.